The van der Waals surface area contributed by atoms with E-state index < -0.39 is 6.29 Å². The molecule has 0 aliphatic carbocycles. The van der Waals surface area contributed by atoms with E-state index in [2.05, 4.69) is 4.74 Å². The van der Waals surface area contributed by atoms with E-state index in [9.17, 15) is 0 Å². The number of aliphatic hydroxyl groups excluding tert-OH is 1. The maximum atomic E-state index is 8.66. The van der Waals surface area contributed by atoms with Crippen molar-refractivity contribution >= 4 is 0 Å². The van der Waals surface area contributed by atoms with Gasteiger partial charge >= 0.3 is 0 Å². The maximum absolute atomic E-state index is 8.66. The summed E-state index contributed by atoms with van der Waals surface area (Å²) < 4.78 is 4.50. The van der Waals surface area contributed by atoms with E-state index in [4.69, 9.17) is 15.9 Å². The molecule has 1 heterocycles. The standard InChI is InChI=1S/C14H31NO2.C2H4O/c15-13-11-9-7-5-3-1-2-4-6-8-10-12-14(16)17;1-2-3-1/h14,16-17H,1-13,15H2;1-2H2. The van der Waals surface area contributed by atoms with Crippen molar-refractivity contribution in [3.05, 3.63) is 0 Å². The lowest BCUT2D eigenvalue weighted by atomic mass is 10.1. The highest BCUT2D eigenvalue weighted by Crippen LogP contribution is 2.12. The van der Waals surface area contributed by atoms with Crippen LogP contribution in [0.4, 0.5) is 0 Å². The molecule has 0 aromatic rings. The predicted octanol–water partition coefficient (Wildman–Crippen LogP) is 2.95. The number of aliphatic hydroxyl groups is 2. The Morgan fingerprint density at radius 3 is 1.35 bits per heavy atom. The Labute approximate surface area is 124 Å². The number of hydrogen-bond donors (Lipinski definition) is 3. The molecule has 1 aliphatic rings. The highest BCUT2D eigenvalue weighted by Gasteiger charge is 1.97. The minimum absolute atomic E-state index is 0.529. The van der Waals surface area contributed by atoms with E-state index in [1.807, 2.05) is 0 Å². The first-order valence-electron chi connectivity index (χ1n) is 8.41. The fourth-order valence-corrected chi connectivity index (χ4v) is 2.06. The van der Waals surface area contributed by atoms with Crippen molar-refractivity contribution in [1.82, 2.24) is 0 Å². The van der Waals surface area contributed by atoms with Crippen molar-refractivity contribution in [2.75, 3.05) is 19.8 Å². The Morgan fingerprint density at radius 2 is 1.05 bits per heavy atom. The van der Waals surface area contributed by atoms with Gasteiger partial charge in [-0.1, -0.05) is 57.8 Å². The second-order valence-corrected chi connectivity index (χ2v) is 5.56. The minimum atomic E-state index is -1.11. The number of nitrogens with two attached hydrogens (primary N) is 1. The fourth-order valence-electron chi connectivity index (χ4n) is 2.06. The molecule has 4 heteroatoms. The van der Waals surface area contributed by atoms with Crippen LogP contribution >= 0.6 is 0 Å². The molecule has 1 aliphatic heterocycles. The molecule has 4 N–H and O–H groups in total. The van der Waals surface area contributed by atoms with Gasteiger partial charge in [0.15, 0.2) is 6.29 Å². The van der Waals surface area contributed by atoms with Gasteiger partial charge < -0.3 is 20.7 Å². The van der Waals surface area contributed by atoms with Crippen LogP contribution < -0.4 is 5.73 Å². The molecule has 0 saturated carbocycles. The van der Waals surface area contributed by atoms with E-state index in [1.54, 1.807) is 0 Å². The molecule has 20 heavy (non-hydrogen) atoms. The van der Waals surface area contributed by atoms with Gasteiger partial charge in [-0.2, -0.15) is 0 Å². The highest BCUT2D eigenvalue weighted by atomic mass is 16.6. The van der Waals surface area contributed by atoms with Gasteiger partial charge in [0.2, 0.25) is 0 Å². The normalized spacial score (nSPS) is 13.2. The van der Waals surface area contributed by atoms with E-state index in [0.717, 1.165) is 32.6 Å². The van der Waals surface area contributed by atoms with Crippen LogP contribution in [0.25, 0.3) is 0 Å². The largest absolute Gasteiger partial charge is 0.377 e. The summed E-state index contributed by atoms with van der Waals surface area (Å²) in [6, 6.07) is 0. The second-order valence-electron chi connectivity index (χ2n) is 5.56. The summed E-state index contributed by atoms with van der Waals surface area (Å²) in [7, 11) is 0. The van der Waals surface area contributed by atoms with Gasteiger partial charge in [-0.15, -0.1) is 0 Å². The monoisotopic (exact) mass is 289 g/mol. The van der Waals surface area contributed by atoms with Crippen LogP contribution in [0.15, 0.2) is 0 Å². The van der Waals surface area contributed by atoms with Crippen molar-refractivity contribution < 1.29 is 14.9 Å². The van der Waals surface area contributed by atoms with Crippen LogP contribution in [0.3, 0.4) is 0 Å². The average molecular weight is 289 g/mol. The summed E-state index contributed by atoms with van der Waals surface area (Å²) in [5, 5.41) is 17.3. The minimum Gasteiger partial charge on any atom is -0.377 e. The summed E-state index contributed by atoms with van der Waals surface area (Å²) >= 11 is 0. The first kappa shape index (κ1) is 19.8. The molecule has 0 aromatic carbocycles. The molecule has 0 bridgehead atoms. The van der Waals surface area contributed by atoms with E-state index in [1.165, 1.54) is 57.8 Å². The summed E-state index contributed by atoms with van der Waals surface area (Å²) in [4.78, 5) is 0. The van der Waals surface area contributed by atoms with Gasteiger partial charge in [-0.25, -0.2) is 0 Å². The number of ether oxygens (including phenoxy) is 1. The number of unbranched alkanes of at least 4 members (excludes halogenated alkanes) is 10. The van der Waals surface area contributed by atoms with Crippen LogP contribution in [0.1, 0.15) is 77.0 Å². The van der Waals surface area contributed by atoms with Gasteiger partial charge in [0.1, 0.15) is 0 Å². The summed E-state index contributed by atoms with van der Waals surface area (Å²) in [5.74, 6) is 0. The van der Waals surface area contributed by atoms with Crippen molar-refractivity contribution in [3.8, 4) is 0 Å². The zero-order valence-electron chi connectivity index (χ0n) is 13.1. The molecule has 1 rings (SSSR count). The first-order valence-corrected chi connectivity index (χ1v) is 8.41. The lowest BCUT2D eigenvalue weighted by Gasteiger charge is -2.04. The third kappa shape index (κ3) is 23.0. The first-order chi connectivity index (χ1) is 9.77. The molecule has 1 fully saturated rings. The molecule has 4 nitrogen and oxygen atoms in total. The molecule has 0 aromatic heterocycles. The molecule has 0 unspecified atom stereocenters. The lowest BCUT2D eigenvalue weighted by molar-refractivity contribution is -0.0466. The van der Waals surface area contributed by atoms with Gasteiger partial charge in [0.25, 0.3) is 0 Å². The van der Waals surface area contributed by atoms with Gasteiger partial charge in [0, 0.05) is 0 Å². The number of hydrogen-bond acceptors (Lipinski definition) is 4. The second kappa shape index (κ2) is 16.9. The fraction of sp³-hybridized carbons (Fsp3) is 1.00. The molecule has 122 valence electrons. The SMILES string of the molecule is C1CO1.NCCCCCCCCCCCCCC(O)O. The average Bonchev–Trinajstić information content (AvgIpc) is 3.28. The van der Waals surface area contributed by atoms with E-state index >= 15 is 0 Å². The third-order valence-corrected chi connectivity index (χ3v) is 3.37. The van der Waals surface area contributed by atoms with Crippen molar-refractivity contribution in [2.45, 2.75) is 83.3 Å². The lowest BCUT2D eigenvalue weighted by Crippen LogP contribution is -2.02. The molecule has 0 radical (unpaired) electrons. The Kier molecular flexibility index (Phi) is 16.8. The molecule has 0 amide bonds. The zero-order valence-corrected chi connectivity index (χ0v) is 13.1. The van der Waals surface area contributed by atoms with Gasteiger partial charge in [0.05, 0.1) is 13.2 Å². The summed E-state index contributed by atoms with van der Waals surface area (Å²) in [5.41, 5.74) is 5.44. The molecule has 0 spiro atoms. The topological polar surface area (TPSA) is 79.0 Å². The Hall–Kier alpha value is -0.160. The Balaban J connectivity index is 0.00000105. The molecule has 1 saturated heterocycles. The predicted molar refractivity (Wildman–Crippen MR) is 83.5 cm³/mol. The van der Waals surface area contributed by atoms with Crippen LogP contribution in [-0.4, -0.2) is 36.3 Å². The molecular weight excluding hydrogens is 254 g/mol. The van der Waals surface area contributed by atoms with Crippen molar-refractivity contribution in [3.63, 3.8) is 0 Å². The van der Waals surface area contributed by atoms with Crippen molar-refractivity contribution in [2.24, 2.45) is 5.73 Å². The van der Waals surface area contributed by atoms with Crippen molar-refractivity contribution in [1.29, 1.82) is 0 Å². The quantitative estimate of drug-likeness (QED) is 0.277. The van der Waals surface area contributed by atoms with Gasteiger partial charge in [-0.05, 0) is 25.8 Å². The molecular formula is C16H35NO3. The van der Waals surface area contributed by atoms with Crippen LogP contribution in [0.5, 0.6) is 0 Å². The van der Waals surface area contributed by atoms with Crippen LogP contribution in [-0.2, 0) is 4.74 Å². The smallest absolute Gasteiger partial charge is 0.151 e. The Bertz CT molecular complexity index is 172. The van der Waals surface area contributed by atoms with Crippen LogP contribution in [0, 0.1) is 0 Å². The van der Waals surface area contributed by atoms with Gasteiger partial charge in [-0.3, -0.25) is 0 Å². The molecule has 0 atom stereocenters. The Morgan fingerprint density at radius 1 is 0.700 bits per heavy atom. The third-order valence-electron chi connectivity index (χ3n) is 3.37. The zero-order chi connectivity index (χ0) is 14.9. The summed E-state index contributed by atoms with van der Waals surface area (Å²) in [6.07, 6.45) is 13.2. The van der Waals surface area contributed by atoms with Crippen LogP contribution in [0.2, 0.25) is 0 Å². The maximum Gasteiger partial charge on any atom is 0.151 e. The number of epoxide rings is 1. The summed E-state index contributed by atoms with van der Waals surface area (Å²) in [6.45, 7) is 2.84. The highest BCUT2D eigenvalue weighted by molar-refractivity contribution is 4.49. The van der Waals surface area contributed by atoms with E-state index in [0.29, 0.717) is 6.42 Å². The number of rotatable bonds is 13. The van der Waals surface area contributed by atoms with E-state index in [-0.39, 0.29) is 0 Å².